The van der Waals surface area contributed by atoms with Crippen molar-refractivity contribution in [2.24, 2.45) is 0 Å². The number of aromatic nitrogens is 3. The first-order chi connectivity index (χ1) is 7.74. The molecule has 0 bridgehead atoms. The van der Waals surface area contributed by atoms with E-state index in [1.807, 2.05) is 18.2 Å². The number of nitrogens with two attached hydrogens (primary N) is 1. The predicted octanol–water partition coefficient (Wildman–Crippen LogP) is 2.40. The van der Waals surface area contributed by atoms with Gasteiger partial charge in [0, 0.05) is 18.0 Å². The fourth-order valence-electron chi connectivity index (χ4n) is 1.10. The van der Waals surface area contributed by atoms with Gasteiger partial charge in [0.15, 0.2) is 5.16 Å². The number of rotatable bonds is 3. The normalized spacial score (nSPS) is 10.3. The average Bonchev–Trinajstić information content (AvgIpc) is 2.27. The molecule has 4 nitrogen and oxygen atoms in total. The molecule has 0 aliphatic heterocycles. The Morgan fingerprint density at radius 1 is 1.31 bits per heavy atom. The zero-order valence-electron chi connectivity index (χ0n) is 8.30. The van der Waals surface area contributed by atoms with Crippen LogP contribution < -0.4 is 5.73 Å². The van der Waals surface area contributed by atoms with Crippen LogP contribution in [0.1, 0.15) is 5.69 Å². The van der Waals surface area contributed by atoms with Gasteiger partial charge in [0.2, 0.25) is 0 Å². The Morgan fingerprint density at radius 2 is 2.19 bits per heavy atom. The van der Waals surface area contributed by atoms with E-state index in [4.69, 9.17) is 17.3 Å². The molecule has 16 heavy (non-hydrogen) atoms. The molecule has 0 aromatic carbocycles. The molecule has 0 saturated carbocycles. The number of hydrogen-bond donors (Lipinski definition) is 1. The second-order valence-corrected chi connectivity index (χ2v) is 4.34. The van der Waals surface area contributed by atoms with Crippen molar-refractivity contribution in [1.82, 2.24) is 15.0 Å². The maximum atomic E-state index is 5.77. The molecule has 0 amide bonds. The van der Waals surface area contributed by atoms with Crippen LogP contribution in [-0.4, -0.2) is 15.0 Å². The lowest BCUT2D eigenvalue weighted by Gasteiger charge is -2.01. The van der Waals surface area contributed by atoms with E-state index in [1.54, 1.807) is 6.20 Å². The quantitative estimate of drug-likeness (QED) is 0.516. The predicted molar refractivity (Wildman–Crippen MR) is 65.3 cm³/mol. The van der Waals surface area contributed by atoms with Crippen LogP contribution in [0.5, 0.6) is 0 Å². The number of nitrogen functional groups attached to an aromatic ring is 1. The highest BCUT2D eigenvalue weighted by atomic mass is 35.5. The van der Waals surface area contributed by atoms with Crippen LogP contribution in [0.15, 0.2) is 35.6 Å². The topological polar surface area (TPSA) is 64.7 Å². The number of halogens is 1. The Hall–Kier alpha value is -1.33. The first kappa shape index (κ1) is 11.2. The Morgan fingerprint density at radius 3 is 2.88 bits per heavy atom. The van der Waals surface area contributed by atoms with Gasteiger partial charge in [-0.05, 0) is 12.1 Å². The van der Waals surface area contributed by atoms with E-state index in [0.717, 1.165) is 5.69 Å². The van der Waals surface area contributed by atoms with Gasteiger partial charge in [0.25, 0.3) is 0 Å². The third-order valence-corrected chi connectivity index (χ3v) is 2.84. The molecule has 2 rings (SSSR count). The van der Waals surface area contributed by atoms with Crippen molar-refractivity contribution in [3.63, 3.8) is 0 Å². The van der Waals surface area contributed by atoms with Gasteiger partial charge in [-0.3, -0.25) is 4.98 Å². The van der Waals surface area contributed by atoms with Crippen LogP contribution in [0.4, 0.5) is 5.82 Å². The highest BCUT2D eigenvalue weighted by molar-refractivity contribution is 7.98. The zero-order chi connectivity index (χ0) is 11.4. The van der Waals surface area contributed by atoms with Gasteiger partial charge in [-0.15, -0.1) is 0 Å². The Kier molecular flexibility index (Phi) is 3.58. The molecule has 6 heteroatoms. The molecule has 0 unspecified atom stereocenters. The SMILES string of the molecule is Nc1cc(Cl)nc(SCc2ccccn2)n1. The molecule has 0 fully saturated rings. The summed E-state index contributed by atoms with van der Waals surface area (Å²) in [7, 11) is 0. The van der Waals surface area contributed by atoms with Crippen molar-refractivity contribution >= 4 is 29.2 Å². The van der Waals surface area contributed by atoms with Crippen LogP contribution in [-0.2, 0) is 5.75 Å². The van der Waals surface area contributed by atoms with Crippen molar-refractivity contribution in [2.45, 2.75) is 10.9 Å². The number of nitrogens with zero attached hydrogens (tertiary/aromatic N) is 3. The third kappa shape index (κ3) is 3.08. The van der Waals surface area contributed by atoms with Crippen molar-refractivity contribution in [3.05, 3.63) is 41.3 Å². The molecule has 2 N–H and O–H groups in total. The highest BCUT2D eigenvalue weighted by Gasteiger charge is 2.02. The highest BCUT2D eigenvalue weighted by Crippen LogP contribution is 2.20. The van der Waals surface area contributed by atoms with Crippen molar-refractivity contribution in [2.75, 3.05) is 5.73 Å². The summed E-state index contributed by atoms with van der Waals surface area (Å²) in [6.07, 6.45) is 1.75. The van der Waals surface area contributed by atoms with Crippen LogP contribution >= 0.6 is 23.4 Å². The molecule has 0 radical (unpaired) electrons. The largest absolute Gasteiger partial charge is 0.384 e. The summed E-state index contributed by atoms with van der Waals surface area (Å²) in [5, 5.41) is 0.923. The number of thioether (sulfide) groups is 1. The summed E-state index contributed by atoms with van der Waals surface area (Å²) >= 11 is 7.22. The molecule has 2 heterocycles. The lowest BCUT2D eigenvalue weighted by molar-refractivity contribution is 0.974. The smallest absolute Gasteiger partial charge is 0.191 e. The second-order valence-electron chi connectivity index (χ2n) is 3.01. The van der Waals surface area contributed by atoms with Crippen LogP contribution in [0.2, 0.25) is 5.15 Å². The molecule has 2 aromatic heterocycles. The molecular formula is C10H9ClN4S. The molecule has 0 aliphatic rings. The summed E-state index contributed by atoms with van der Waals surface area (Å²) in [5.41, 5.74) is 6.53. The molecular weight excluding hydrogens is 244 g/mol. The Labute approximate surface area is 102 Å². The second kappa shape index (κ2) is 5.14. The first-order valence-corrected chi connectivity index (χ1v) is 5.93. The van der Waals surface area contributed by atoms with Gasteiger partial charge >= 0.3 is 0 Å². The lowest BCUT2D eigenvalue weighted by Crippen LogP contribution is -1.95. The zero-order valence-corrected chi connectivity index (χ0v) is 9.87. The van der Waals surface area contributed by atoms with Crippen LogP contribution in [0.25, 0.3) is 0 Å². The maximum absolute atomic E-state index is 5.77. The van der Waals surface area contributed by atoms with Crippen molar-refractivity contribution < 1.29 is 0 Å². The van der Waals surface area contributed by atoms with E-state index in [2.05, 4.69) is 15.0 Å². The van der Waals surface area contributed by atoms with E-state index in [9.17, 15) is 0 Å². The van der Waals surface area contributed by atoms with Gasteiger partial charge < -0.3 is 5.73 Å². The molecule has 0 spiro atoms. The molecule has 0 saturated heterocycles. The summed E-state index contributed by atoms with van der Waals surface area (Å²) in [4.78, 5) is 12.3. The van der Waals surface area contributed by atoms with E-state index in [-0.39, 0.29) is 0 Å². The minimum absolute atomic E-state index is 0.357. The Bertz CT molecular complexity index is 457. The van der Waals surface area contributed by atoms with E-state index in [0.29, 0.717) is 21.9 Å². The molecule has 2 aromatic rings. The number of hydrogen-bond acceptors (Lipinski definition) is 5. The summed E-state index contributed by atoms with van der Waals surface area (Å²) < 4.78 is 0. The van der Waals surface area contributed by atoms with Crippen molar-refractivity contribution in [1.29, 1.82) is 0 Å². The fourth-order valence-corrected chi connectivity index (χ4v) is 2.12. The van der Waals surface area contributed by atoms with Gasteiger partial charge in [-0.25, -0.2) is 9.97 Å². The minimum atomic E-state index is 0.357. The monoisotopic (exact) mass is 252 g/mol. The molecule has 82 valence electrons. The summed E-state index contributed by atoms with van der Waals surface area (Å²) in [6.45, 7) is 0. The molecule has 0 atom stereocenters. The van der Waals surface area contributed by atoms with Crippen LogP contribution in [0, 0.1) is 0 Å². The number of pyridine rings is 1. The van der Waals surface area contributed by atoms with E-state index in [1.165, 1.54) is 17.8 Å². The Balaban J connectivity index is 2.05. The standard InChI is InChI=1S/C10H9ClN4S/c11-8-5-9(12)15-10(14-8)16-6-7-3-1-2-4-13-7/h1-5H,6H2,(H2,12,14,15). The lowest BCUT2D eigenvalue weighted by atomic mass is 10.4. The van der Waals surface area contributed by atoms with Gasteiger partial charge in [0.05, 0.1) is 5.69 Å². The van der Waals surface area contributed by atoms with Gasteiger partial charge in [-0.1, -0.05) is 29.4 Å². The summed E-state index contributed by atoms with van der Waals surface area (Å²) in [5.74, 6) is 1.07. The number of anilines is 1. The minimum Gasteiger partial charge on any atom is -0.384 e. The van der Waals surface area contributed by atoms with Gasteiger partial charge in [-0.2, -0.15) is 0 Å². The maximum Gasteiger partial charge on any atom is 0.191 e. The first-order valence-electron chi connectivity index (χ1n) is 4.57. The van der Waals surface area contributed by atoms with E-state index >= 15 is 0 Å². The fraction of sp³-hybridized carbons (Fsp3) is 0.100. The van der Waals surface area contributed by atoms with Crippen molar-refractivity contribution in [3.8, 4) is 0 Å². The van der Waals surface area contributed by atoms with Crippen LogP contribution in [0.3, 0.4) is 0 Å². The van der Waals surface area contributed by atoms with E-state index < -0.39 is 0 Å². The third-order valence-electron chi connectivity index (χ3n) is 1.77. The summed E-state index contributed by atoms with van der Waals surface area (Å²) in [6, 6.07) is 7.28. The van der Waals surface area contributed by atoms with Gasteiger partial charge in [0.1, 0.15) is 11.0 Å². The average molecular weight is 253 g/mol. The molecule has 0 aliphatic carbocycles.